The molecule has 0 saturated heterocycles. The van der Waals surface area contributed by atoms with E-state index in [4.69, 9.17) is 4.74 Å². The fourth-order valence-electron chi connectivity index (χ4n) is 6.34. The molecule has 212 valence electrons. The first-order chi connectivity index (χ1) is 18.1. The average molecular weight is 520 g/mol. The van der Waals surface area contributed by atoms with E-state index >= 15 is 0 Å². The van der Waals surface area contributed by atoms with Gasteiger partial charge in [-0.2, -0.15) is 0 Å². The number of hydrogen-bond donors (Lipinski definition) is 1. The summed E-state index contributed by atoms with van der Waals surface area (Å²) in [5.41, 5.74) is 7.98. The molecule has 0 aliphatic carbocycles. The summed E-state index contributed by atoms with van der Waals surface area (Å²) < 4.78 is 6.85. The predicted octanol–water partition coefficient (Wildman–Crippen LogP) is 10.7. The van der Waals surface area contributed by atoms with Crippen LogP contribution in [0.2, 0.25) is 0 Å². The van der Waals surface area contributed by atoms with Crippen LogP contribution in [0.4, 0.5) is 5.69 Å². The summed E-state index contributed by atoms with van der Waals surface area (Å²) in [7, 11) is 0. The van der Waals surface area contributed by atoms with Crippen molar-refractivity contribution in [2.24, 2.45) is 17.8 Å². The molecule has 3 atom stereocenters. The van der Waals surface area contributed by atoms with Crippen molar-refractivity contribution in [1.82, 2.24) is 0 Å². The lowest BCUT2D eigenvalue weighted by atomic mass is 9.83. The van der Waals surface area contributed by atoms with E-state index in [0.717, 1.165) is 43.6 Å². The van der Waals surface area contributed by atoms with E-state index < -0.39 is 0 Å². The fraction of sp³-hybridized carbons (Fsp3) is 0.667. The van der Waals surface area contributed by atoms with Gasteiger partial charge >= 0.3 is 0 Å². The number of fused-ring (bicyclic) bond motifs is 1. The number of hydrogen-bond acceptors (Lipinski definition) is 2. The van der Waals surface area contributed by atoms with Crippen LogP contribution in [0.25, 0.3) is 0 Å². The first kappa shape index (κ1) is 30.6. The van der Waals surface area contributed by atoms with Crippen LogP contribution in [0.5, 0.6) is 5.75 Å². The number of rotatable bonds is 15. The average Bonchev–Trinajstić information content (AvgIpc) is 2.87. The molecule has 0 saturated carbocycles. The minimum Gasteiger partial charge on any atom is -0.487 e. The molecule has 3 rings (SSSR count). The Hall–Kier alpha value is -1.96. The van der Waals surface area contributed by atoms with E-state index in [1.807, 2.05) is 0 Å². The summed E-state index contributed by atoms with van der Waals surface area (Å²) in [6.45, 7) is 19.6. The molecule has 0 aromatic heterocycles. The van der Waals surface area contributed by atoms with E-state index in [9.17, 15) is 0 Å². The first-order valence-corrected chi connectivity index (χ1v) is 15.7. The molecule has 2 aromatic rings. The van der Waals surface area contributed by atoms with Gasteiger partial charge in [-0.3, -0.25) is 0 Å². The summed E-state index contributed by atoms with van der Waals surface area (Å²) in [5.74, 6) is 3.72. The monoisotopic (exact) mass is 519 g/mol. The SMILES string of the molecule is Cc1c(C)c2c(c(C)c1NCc1ccccc1)CC[C@@](C)(CCC[C@H](C)CCC[C@H](C)CCCC(C)C)O2. The lowest BCUT2D eigenvalue weighted by Crippen LogP contribution is -2.37. The third-order valence-electron chi connectivity index (χ3n) is 9.22. The summed E-state index contributed by atoms with van der Waals surface area (Å²) in [5, 5.41) is 3.74. The molecule has 2 nitrogen and oxygen atoms in total. The lowest BCUT2D eigenvalue weighted by Gasteiger charge is -2.38. The Labute approximate surface area is 235 Å². The van der Waals surface area contributed by atoms with Crippen molar-refractivity contribution in [2.75, 3.05) is 5.32 Å². The Morgan fingerprint density at radius 3 is 2.03 bits per heavy atom. The molecule has 0 amide bonds. The predicted molar refractivity (Wildman–Crippen MR) is 166 cm³/mol. The molecule has 2 aromatic carbocycles. The van der Waals surface area contributed by atoms with Crippen LogP contribution in [0.3, 0.4) is 0 Å². The third kappa shape index (κ3) is 8.78. The molecule has 1 aliphatic rings. The summed E-state index contributed by atoms with van der Waals surface area (Å²) in [6.07, 6.45) is 14.4. The fourth-order valence-corrected chi connectivity index (χ4v) is 6.34. The maximum absolute atomic E-state index is 6.85. The van der Waals surface area contributed by atoms with E-state index in [1.165, 1.54) is 90.6 Å². The van der Waals surface area contributed by atoms with Gasteiger partial charge in [0.1, 0.15) is 11.4 Å². The van der Waals surface area contributed by atoms with Crippen molar-refractivity contribution in [3.05, 3.63) is 58.1 Å². The van der Waals surface area contributed by atoms with Crippen LogP contribution < -0.4 is 10.1 Å². The quantitative estimate of drug-likeness (QED) is 0.253. The Morgan fingerprint density at radius 1 is 0.789 bits per heavy atom. The standard InChI is InChI=1S/C36H57NO/c1-26(2)15-12-16-27(3)17-13-18-28(4)19-14-23-36(8)24-22-33-31(7)34(29(5)30(6)35(33)38-36)37-25-32-20-10-9-11-21-32/h9-11,20-21,26-28,37H,12-19,22-25H2,1-8H3/t27-,28-,36-/m1/s1. The highest BCUT2D eigenvalue weighted by Crippen LogP contribution is 2.44. The van der Waals surface area contributed by atoms with Crippen molar-refractivity contribution in [3.8, 4) is 5.75 Å². The highest BCUT2D eigenvalue weighted by atomic mass is 16.5. The molecule has 38 heavy (non-hydrogen) atoms. The molecule has 1 aliphatic heterocycles. The molecule has 0 bridgehead atoms. The molecule has 1 N–H and O–H groups in total. The van der Waals surface area contributed by atoms with Gasteiger partial charge in [0.05, 0.1) is 0 Å². The van der Waals surface area contributed by atoms with Crippen molar-refractivity contribution >= 4 is 5.69 Å². The lowest BCUT2D eigenvalue weighted by molar-refractivity contribution is 0.0514. The van der Waals surface area contributed by atoms with Gasteiger partial charge in [-0.15, -0.1) is 0 Å². The van der Waals surface area contributed by atoms with E-state index in [2.05, 4.69) is 91.0 Å². The number of ether oxygens (including phenoxy) is 1. The third-order valence-corrected chi connectivity index (χ3v) is 9.22. The molecule has 0 fully saturated rings. The summed E-state index contributed by atoms with van der Waals surface area (Å²) in [4.78, 5) is 0. The minimum absolute atomic E-state index is 0.0414. The van der Waals surface area contributed by atoms with Crippen LogP contribution in [0.15, 0.2) is 30.3 Å². The number of nitrogens with one attached hydrogen (secondary N) is 1. The van der Waals surface area contributed by atoms with Gasteiger partial charge in [0.2, 0.25) is 0 Å². The minimum atomic E-state index is -0.0414. The molecule has 0 unspecified atom stereocenters. The van der Waals surface area contributed by atoms with Gasteiger partial charge in [0.25, 0.3) is 0 Å². The second kappa shape index (κ2) is 14.4. The summed E-state index contributed by atoms with van der Waals surface area (Å²) >= 11 is 0. The van der Waals surface area contributed by atoms with Gasteiger partial charge in [-0.1, -0.05) is 103 Å². The number of anilines is 1. The van der Waals surface area contributed by atoms with Gasteiger partial charge in [0, 0.05) is 12.2 Å². The molecule has 1 heterocycles. The Balaban J connectivity index is 1.48. The zero-order valence-corrected chi connectivity index (χ0v) is 26.0. The van der Waals surface area contributed by atoms with Crippen LogP contribution in [0.1, 0.15) is 127 Å². The second-order valence-corrected chi connectivity index (χ2v) is 13.3. The molecular weight excluding hydrogens is 462 g/mol. The molecule has 0 radical (unpaired) electrons. The number of benzene rings is 2. The highest BCUT2D eigenvalue weighted by Gasteiger charge is 2.34. The Bertz CT molecular complexity index is 994. The Morgan fingerprint density at radius 2 is 1.39 bits per heavy atom. The molecular formula is C36H57NO. The van der Waals surface area contributed by atoms with Crippen LogP contribution in [-0.4, -0.2) is 5.60 Å². The largest absolute Gasteiger partial charge is 0.487 e. The summed E-state index contributed by atoms with van der Waals surface area (Å²) in [6, 6.07) is 10.7. The van der Waals surface area contributed by atoms with Crippen LogP contribution in [0, 0.1) is 38.5 Å². The van der Waals surface area contributed by atoms with E-state index in [0.29, 0.717) is 0 Å². The van der Waals surface area contributed by atoms with Crippen molar-refractivity contribution in [2.45, 2.75) is 138 Å². The smallest absolute Gasteiger partial charge is 0.126 e. The van der Waals surface area contributed by atoms with Crippen LogP contribution >= 0.6 is 0 Å². The molecule has 0 spiro atoms. The van der Waals surface area contributed by atoms with Gasteiger partial charge in [0.15, 0.2) is 0 Å². The maximum atomic E-state index is 6.85. The van der Waals surface area contributed by atoms with Gasteiger partial charge in [-0.05, 0) is 98.9 Å². The Kier molecular flexibility index (Phi) is 11.6. The maximum Gasteiger partial charge on any atom is 0.126 e. The zero-order valence-electron chi connectivity index (χ0n) is 26.0. The second-order valence-electron chi connectivity index (χ2n) is 13.3. The van der Waals surface area contributed by atoms with E-state index in [1.54, 1.807) is 0 Å². The molecule has 2 heteroatoms. The van der Waals surface area contributed by atoms with E-state index in [-0.39, 0.29) is 5.60 Å². The topological polar surface area (TPSA) is 21.3 Å². The van der Waals surface area contributed by atoms with Gasteiger partial charge < -0.3 is 10.1 Å². The van der Waals surface area contributed by atoms with Crippen molar-refractivity contribution < 1.29 is 4.74 Å². The van der Waals surface area contributed by atoms with Crippen molar-refractivity contribution in [1.29, 1.82) is 0 Å². The van der Waals surface area contributed by atoms with Gasteiger partial charge in [-0.25, -0.2) is 0 Å². The zero-order chi connectivity index (χ0) is 27.7. The first-order valence-electron chi connectivity index (χ1n) is 15.7. The normalized spacial score (nSPS) is 18.7. The van der Waals surface area contributed by atoms with Crippen LogP contribution in [-0.2, 0) is 13.0 Å². The van der Waals surface area contributed by atoms with Crippen molar-refractivity contribution in [3.63, 3.8) is 0 Å². The highest BCUT2D eigenvalue weighted by molar-refractivity contribution is 5.68.